The summed E-state index contributed by atoms with van der Waals surface area (Å²) < 4.78 is 7.70. The van der Waals surface area contributed by atoms with Gasteiger partial charge in [-0.3, -0.25) is 9.48 Å². The van der Waals surface area contributed by atoms with Crippen LogP contribution in [0.2, 0.25) is 0 Å². The van der Waals surface area contributed by atoms with Gasteiger partial charge in [0, 0.05) is 50.3 Å². The summed E-state index contributed by atoms with van der Waals surface area (Å²) in [7, 11) is 1.87. The third kappa shape index (κ3) is 2.44. The van der Waals surface area contributed by atoms with Crippen LogP contribution < -0.4 is 4.90 Å². The Hall–Kier alpha value is -2.83. The summed E-state index contributed by atoms with van der Waals surface area (Å²) in [6.45, 7) is 7.43. The number of carbonyl (C=O) groups is 1. The summed E-state index contributed by atoms with van der Waals surface area (Å²) in [4.78, 5) is 21.8. The van der Waals surface area contributed by atoms with Crippen LogP contribution in [0.15, 0.2) is 34.9 Å². The third-order valence-electron chi connectivity index (χ3n) is 6.28. The summed E-state index contributed by atoms with van der Waals surface area (Å²) in [5.74, 6) is 0.498. The maximum Gasteiger partial charge on any atom is 0.298 e. The van der Waals surface area contributed by atoms with E-state index in [0.29, 0.717) is 17.5 Å². The molecule has 2 atom stereocenters. The minimum Gasteiger partial charge on any atom is -0.423 e. The molecule has 3 aromatic rings. The van der Waals surface area contributed by atoms with E-state index >= 15 is 0 Å². The van der Waals surface area contributed by atoms with Crippen molar-refractivity contribution in [2.75, 3.05) is 31.1 Å². The van der Waals surface area contributed by atoms with Crippen molar-refractivity contribution in [2.45, 2.75) is 13.8 Å². The number of aryl methyl sites for hydroxylation is 1. The highest BCUT2D eigenvalue weighted by Crippen LogP contribution is 2.44. The van der Waals surface area contributed by atoms with E-state index in [2.05, 4.69) is 21.9 Å². The molecule has 0 N–H and O–H groups in total. The van der Waals surface area contributed by atoms with E-state index in [1.54, 1.807) is 10.9 Å². The van der Waals surface area contributed by atoms with Crippen molar-refractivity contribution in [3.05, 3.63) is 41.7 Å². The minimum absolute atomic E-state index is 0.0480. The van der Waals surface area contributed by atoms with Crippen LogP contribution in [0.5, 0.6) is 0 Å². The van der Waals surface area contributed by atoms with Crippen LogP contribution in [0, 0.1) is 18.3 Å². The number of anilines is 1. The van der Waals surface area contributed by atoms with E-state index in [9.17, 15) is 4.79 Å². The van der Waals surface area contributed by atoms with E-state index in [0.717, 1.165) is 43.0 Å². The Kier molecular flexibility index (Phi) is 3.38. The van der Waals surface area contributed by atoms with Crippen molar-refractivity contribution in [1.82, 2.24) is 19.7 Å². The van der Waals surface area contributed by atoms with E-state index < -0.39 is 0 Å². The average molecular weight is 365 g/mol. The van der Waals surface area contributed by atoms with E-state index in [1.165, 1.54) is 0 Å². The molecule has 0 aliphatic carbocycles. The van der Waals surface area contributed by atoms with Gasteiger partial charge in [0.25, 0.3) is 11.9 Å². The van der Waals surface area contributed by atoms with E-state index in [1.807, 2.05) is 43.1 Å². The molecule has 0 spiro atoms. The lowest BCUT2D eigenvalue weighted by molar-refractivity contribution is 0.0773. The average Bonchev–Trinajstić information content (AvgIpc) is 3.36. The predicted octanol–water partition coefficient (Wildman–Crippen LogP) is 2.47. The van der Waals surface area contributed by atoms with Crippen LogP contribution in [0.3, 0.4) is 0 Å². The summed E-state index contributed by atoms with van der Waals surface area (Å²) in [5, 5.41) is 4.21. The Labute approximate surface area is 157 Å². The largest absolute Gasteiger partial charge is 0.423 e. The van der Waals surface area contributed by atoms with Crippen molar-refractivity contribution in [3.63, 3.8) is 0 Å². The number of likely N-dealkylation sites (tertiary alicyclic amines) is 1. The lowest BCUT2D eigenvalue weighted by Crippen LogP contribution is -2.35. The number of amides is 1. The van der Waals surface area contributed by atoms with Crippen molar-refractivity contribution in [2.24, 2.45) is 18.4 Å². The molecule has 140 valence electrons. The quantitative estimate of drug-likeness (QED) is 0.698. The van der Waals surface area contributed by atoms with Crippen molar-refractivity contribution >= 4 is 23.0 Å². The number of aromatic nitrogens is 3. The highest BCUT2D eigenvalue weighted by atomic mass is 16.4. The molecule has 0 bridgehead atoms. The minimum atomic E-state index is 0.0480. The Morgan fingerprint density at radius 3 is 2.78 bits per heavy atom. The molecular formula is C20H23N5O2. The lowest BCUT2D eigenvalue weighted by Gasteiger charge is -2.24. The van der Waals surface area contributed by atoms with Crippen LogP contribution in [-0.2, 0) is 7.05 Å². The lowest BCUT2D eigenvalue weighted by atomic mass is 9.83. The van der Waals surface area contributed by atoms with Gasteiger partial charge >= 0.3 is 0 Å². The smallest absolute Gasteiger partial charge is 0.298 e. The molecule has 1 amide bonds. The number of para-hydroxylation sites is 2. The monoisotopic (exact) mass is 365 g/mol. The van der Waals surface area contributed by atoms with Gasteiger partial charge in [-0.15, -0.1) is 0 Å². The number of hydrogen-bond donors (Lipinski definition) is 0. The number of carbonyl (C=O) groups excluding carboxylic acids is 1. The van der Waals surface area contributed by atoms with Gasteiger partial charge in [0.1, 0.15) is 5.52 Å². The topological polar surface area (TPSA) is 67.4 Å². The van der Waals surface area contributed by atoms with Gasteiger partial charge in [-0.1, -0.05) is 19.1 Å². The molecule has 7 heteroatoms. The van der Waals surface area contributed by atoms with E-state index in [4.69, 9.17) is 4.42 Å². The molecular weight excluding hydrogens is 342 g/mol. The first kappa shape index (κ1) is 16.4. The Balaban J connectivity index is 1.35. The van der Waals surface area contributed by atoms with Crippen LogP contribution >= 0.6 is 0 Å². The van der Waals surface area contributed by atoms with Gasteiger partial charge in [-0.05, 0) is 19.1 Å². The molecule has 4 heterocycles. The second-order valence-corrected chi connectivity index (χ2v) is 8.15. The van der Waals surface area contributed by atoms with Gasteiger partial charge in [-0.2, -0.15) is 10.1 Å². The standard InChI is InChI=1S/C20H23N5O2/c1-13-15(8-21-23(13)3)18(26)24-9-14-10-25(12-20(14,2)11-24)19-22-16-6-4-5-7-17(16)27-19/h4-8,14H,9-12H2,1-3H3/t14-,20+/m1/s1. The first-order valence-electron chi connectivity index (χ1n) is 9.33. The van der Waals surface area contributed by atoms with Gasteiger partial charge in [0.15, 0.2) is 5.58 Å². The Morgan fingerprint density at radius 1 is 1.26 bits per heavy atom. The van der Waals surface area contributed by atoms with E-state index in [-0.39, 0.29) is 11.3 Å². The van der Waals surface area contributed by atoms with Gasteiger partial charge in [-0.25, -0.2) is 0 Å². The molecule has 2 fully saturated rings. The fraction of sp³-hybridized carbons (Fsp3) is 0.450. The number of benzene rings is 1. The van der Waals surface area contributed by atoms with Crippen LogP contribution in [0.25, 0.3) is 11.1 Å². The fourth-order valence-corrected chi connectivity index (χ4v) is 4.51. The second-order valence-electron chi connectivity index (χ2n) is 8.15. The highest BCUT2D eigenvalue weighted by Gasteiger charge is 2.51. The molecule has 2 aliphatic heterocycles. The van der Waals surface area contributed by atoms with Crippen LogP contribution in [0.4, 0.5) is 6.01 Å². The number of oxazole rings is 1. The first-order chi connectivity index (χ1) is 12.9. The van der Waals surface area contributed by atoms with Gasteiger partial charge in [0.05, 0.1) is 11.8 Å². The van der Waals surface area contributed by atoms with Crippen molar-refractivity contribution in [1.29, 1.82) is 0 Å². The summed E-state index contributed by atoms with van der Waals surface area (Å²) in [6, 6.07) is 8.53. The van der Waals surface area contributed by atoms with Crippen LogP contribution in [0.1, 0.15) is 23.0 Å². The second kappa shape index (κ2) is 5.58. The molecule has 7 nitrogen and oxygen atoms in total. The van der Waals surface area contributed by atoms with Crippen LogP contribution in [-0.4, -0.2) is 51.8 Å². The molecule has 0 radical (unpaired) electrons. The summed E-state index contributed by atoms with van der Waals surface area (Å²) in [6.07, 6.45) is 1.68. The van der Waals surface area contributed by atoms with Gasteiger partial charge < -0.3 is 14.2 Å². The first-order valence-corrected chi connectivity index (χ1v) is 9.33. The number of rotatable bonds is 2. The normalized spacial score (nSPS) is 24.8. The number of hydrogen-bond acceptors (Lipinski definition) is 5. The maximum atomic E-state index is 13.0. The zero-order valence-electron chi connectivity index (χ0n) is 15.8. The number of nitrogens with zero attached hydrogens (tertiary/aromatic N) is 5. The zero-order chi connectivity index (χ0) is 18.8. The molecule has 2 aromatic heterocycles. The van der Waals surface area contributed by atoms with Crippen molar-refractivity contribution < 1.29 is 9.21 Å². The van der Waals surface area contributed by atoms with Crippen molar-refractivity contribution in [3.8, 4) is 0 Å². The summed E-state index contributed by atoms with van der Waals surface area (Å²) in [5.41, 5.74) is 3.37. The highest BCUT2D eigenvalue weighted by molar-refractivity contribution is 5.95. The third-order valence-corrected chi connectivity index (χ3v) is 6.28. The fourth-order valence-electron chi connectivity index (χ4n) is 4.51. The van der Waals surface area contributed by atoms with Gasteiger partial charge in [0.2, 0.25) is 0 Å². The molecule has 5 rings (SSSR count). The molecule has 1 aromatic carbocycles. The molecule has 0 unspecified atom stereocenters. The molecule has 0 saturated carbocycles. The Morgan fingerprint density at radius 2 is 2.07 bits per heavy atom. The number of fused-ring (bicyclic) bond motifs is 2. The zero-order valence-corrected chi connectivity index (χ0v) is 15.8. The molecule has 2 saturated heterocycles. The molecule has 27 heavy (non-hydrogen) atoms. The predicted molar refractivity (Wildman–Crippen MR) is 102 cm³/mol. The SMILES string of the molecule is Cc1c(C(=O)N2C[C@@H]3CN(c4nc5ccccc5o4)C[C@]3(C)C2)cnn1C. The Bertz CT molecular complexity index is 1010. The summed E-state index contributed by atoms with van der Waals surface area (Å²) >= 11 is 0. The molecule has 2 aliphatic rings. The maximum absolute atomic E-state index is 13.0.